The third-order valence-electron chi connectivity index (χ3n) is 5.15. The van der Waals surface area contributed by atoms with Crippen molar-refractivity contribution in [2.75, 3.05) is 14.2 Å². The number of aryl methyl sites for hydroxylation is 1. The molecule has 27 heavy (non-hydrogen) atoms. The van der Waals surface area contributed by atoms with E-state index >= 15 is 0 Å². The van der Waals surface area contributed by atoms with Crippen molar-refractivity contribution in [3.05, 3.63) is 65.2 Å². The lowest BCUT2D eigenvalue weighted by molar-refractivity contribution is -0.136. The van der Waals surface area contributed by atoms with Crippen molar-refractivity contribution in [2.24, 2.45) is 7.05 Å². The number of esters is 1. The molecule has 5 heteroatoms. The number of allylic oxidation sites excluding steroid dienone is 1. The van der Waals surface area contributed by atoms with E-state index in [1.54, 1.807) is 18.9 Å². The molecule has 0 spiro atoms. The Labute approximate surface area is 162 Å². The van der Waals surface area contributed by atoms with Gasteiger partial charge < -0.3 is 14.0 Å². The molecule has 0 saturated heterocycles. The number of fused-ring (bicyclic) bond motifs is 3. The molecule has 0 fully saturated rings. The Kier molecular flexibility index (Phi) is 4.48. The summed E-state index contributed by atoms with van der Waals surface area (Å²) < 4.78 is 12.9. The first-order valence-electron chi connectivity index (χ1n) is 8.75. The van der Waals surface area contributed by atoms with Crippen LogP contribution in [0.1, 0.15) is 23.3 Å². The number of methoxy groups -OCH3 is 2. The summed E-state index contributed by atoms with van der Waals surface area (Å²) in [4.78, 5) is 12.8. The number of nitrogens with zero attached hydrogens (tertiary/aromatic N) is 1. The molecular weight excluding hydrogens is 358 g/mol. The molecule has 0 saturated carbocycles. The topological polar surface area (TPSA) is 40.5 Å². The van der Waals surface area contributed by atoms with E-state index in [1.165, 1.54) is 7.11 Å². The van der Waals surface area contributed by atoms with Crippen molar-refractivity contribution in [1.82, 2.24) is 4.57 Å². The molecule has 0 aliphatic carbocycles. The van der Waals surface area contributed by atoms with E-state index in [0.717, 1.165) is 38.4 Å². The number of benzene rings is 2. The number of carbonyl (C=O) groups excluding carboxylic acids is 1. The van der Waals surface area contributed by atoms with E-state index in [1.807, 2.05) is 43.3 Å². The Morgan fingerprint density at radius 1 is 1.07 bits per heavy atom. The number of thioether (sulfide) groups is 1. The molecule has 4 nitrogen and oxygen atoms in total. The zero-order valence-corrected chi connectivity index (χ0v) is 16.6. The van der Waals surface area contributed by atoms with Gasteiger partial charge in [0.25, 0.3) is 0 Å². The standard InChI is InChI=1S/C22H21NO3S/c1-13-18-14-9-5-7-11-16(14)23(2)21(18)27-20(19(13)22(24)26-4)15-10-6-8-12-17(15)25-3/h5-12,20H,1-4H3. The van der Waals surface area contributed by atoms with Crippen LogP contribution in [0.3, 0.4) is 0 Å². The van der Waals surface area contributed by atoms with Gasteiger partial charge >= 0.3 is 5.97 Å². The molecule has 0 N–H and O–H groups in total. The van der Waals surface area contributed by atoms with Gasteiger partial charge in [0.1, 0.15) is 5.75 Å². The van der Waals surface area contributed by atoms with Crippen LogP contribution in [0, 0.1) is 0 Å². The van der Waals surface area contributed by atoms with E-state index in [9.17, 15) is 4.79 Å². The van der Waals surface area contributed by atoms with Crippen LogP contribution in [-0.2, 0) is 16.6 Å². The van der Waals surface area contributed by atoms with E-state index in [4.69, 9.17) is 9.47 Å². The molecule has 0 bridgehead atoms. The number of rotatable bonds is 3. The molecule has 3 aromatic rings. The van der Waals surface area contributed by atoms with Crippen LogP contribution in [0.4, 0.5) is 0 Å². The predicted octanol–water partition coefficient (Wildman–Crippen LogP) is 4.98. The number of carbonyl (C=O) groups is 1. The number of ether oxygens (including phenoxy) is 2. The third kappa shape index (κ3) is 2.65. The predicted molar refractivity (Wildman–Crippen MR) is 109 cm³/mol. The van der Waals surface area contributed by atoms with E-state index in [0.29, 0.717) is 5.57 Å². The van der Waals surface area contributed by atoms with Crippen molar-refractivity contribution in [1.29, 1.82) is 0 Å². The maximum Gasteiger partial charge on any atom is 0.335 e. The molecule has 0 amide bonds. The van der Waals surface area contributed by atoms with Crippen LogP contribution in [0.5, 0.6) is 5.75 Å². The second kappa shape index (κ2) is 6.82. The minimum atomic E-state index is -0.297. The lowest BCUT2D eigenvalue weighted by Gasteiger charge is -2.28. The van der Waals surface area contributed by atoms with Gasteiger partial charge in [0.2, 0.25) is 0 Å². The molecule has 1 aliphatic rings. The zero-order valence-electron chi connectivity index (χ0n) is 15.8. The Morgan fingerprint density at radius 2 is 1.78 bits per heavy atom. The molecular formula is C22H21NO3S. The van der Waals surface area contributed by atoms with E-state index in [-0.39, 0.29) is 11.2 Å². The molecule has 138 valence electrons. The van der Waals surface area contributed by atoms with Crippen LogP contribution in [0.2, 0.25) is 0 Å². The van der Waals surface area contributed by atoms with E-state index < -0.39 is 0 Å². The van der Waals surface area contributed by atoms with Gasteiger partial charge in [-0.05, 0) is 24.6 Å². The summed E-state index contributed by atoms with van der Waals surface area (Å²) in [5.41, 5.74) is 4.88. The molecule has 1 unspecified atom stereocenters. The second-order valence-corrected chi connectivity index (χ2v) is 7.62. The summed E-state index contributed by atoms with van der Waals surface area (Å²) in [6.45, 7) is 2.01. The number of para-hydroxylation sites is 2. The van der Waals surface area contributed by atoms with Gasteiger partial charge in [-0.15, -0.1) is 0 Å². The Morgan fingerprint density at radius 3 is 2.52 bits per heavy atom. The largest absolute Gasteiger partial charge is 0.496 e. The summed E-state index contributed by atoms with van der Waals surface area (Å²) in [5.74, 6) is 0.473. The highest BCUT2D eigenvalue weighted by Gasteiger charge is 2.36. The Bertz CT molecular complexity index is 1080. The van der Waals surface area contributed by atoms with Gasteiger partial charge in [-0.3, -0.25) is 0 Å². The average molecular weight is 379 g/mol. The first-order chi connectivity index (χ1) is 13.1. The van der Waals surface area contributed by atoms with Crippen LogP contribution in [0.25, 0.3) is 16.5 Å². The maximum absolute atomic E-state index is 12.8. The fraction of sp³-hybridized carbons (Fsp3) is 0.227. The summed E-state index contributed by atoms with van der Waals surface area (Å²) >= 11 is 1.67. The van der Waals surface area contributed by atoms with Gasteiger partial charge in [0.05, 0.1) is 30.1 Å². The van der Waals surface area contributed by atoms with Gasteiger partial charge in [-0.2, -0.15) is 0 Å². The van der Waals surface area contributed by atoms with E-state index in [2.05, 4.69) is 23.7 Å². The van der Waals surface area contributed by atoms with Crippen LogP contribution in [-0.4, -0.2) is 24.8 Å². The normalized spacial score (nSPS) is 16.4. The monoisotopic (exact) mass is 379 g/mol. The highest BCUT2D eigenvalue weighted by Crippen LogP contribution is 2.54. The number of hydrogen-bond donors (Lipinski definition) is 0. The summed E-state index contributed by atoms with van der Waals surface area (Å²) in [6, 6.07) is 16.1. The highest BCUT2D eigenvalue weighted by molar-refractivity contribution is 7.99. The zero-order chi connectivity index (χ0) is 19.1. The molecule has 1 aromatic heterocycles. The molecule has 2 aromatic carbocycles. The average Bonchev–Trinajstić information content (AvgIpc) is 3.00. The Hall–Kier alpha value is -2.66. The van der Waals surface area contributed by atoms with Gasteiger partial charge in [0, 0.05) is 29.1 Å². The summed E-state index contributed by atoms with van der Waals surface area (Å²) in [6.07, 6.45) is 0. The van der Waals surface area contributed by atoms with Crippen molar-refractivity contribution >= 4 is 34.2 Å². The van der Waals surface area contributed by atoms with Crippen molar-refractivity contribution in [3.63, 3.8) is 0 Å². The van der Waals surface area contributed by atoms with Crippen molar-refractivity contribution in [2.45, 2.75) is 17.2 Å². The lowest BCUT2D eigenvalue weighted by atomic mass is 9.94. The summed E-state index contributed by atoms with van der Waals surface area (Å²) in [7, 11) is 5.16. The highest BCUT2D eigenvalue weighted by atomic mass is 32.2. The Balaban J connectivity index is 2.02. The van der Waals surface area contributed by atoms with Crippen molar-refractivity contribution in [3.8, 4) is 5.75 Å². The van der Waals surface area contributed by atoms with Crippen LogP contribution < -0.4 is 4.74 Å². The van der Waals surface area contributed by atoms with Crippen LogP contribution >= 0.6 is 11.8 Å². The second-order valence-electron chi connectivity index (χ2n) is 6.53. The molecule has 0 radical (unpaired) electrons. The third-order valence-corrected chi connectivity index (χ3v) is 6.58. The SMILES string of the molecule is COC(=O)C1=C(C)c2c(n(C)c3ccccc23)SC1c1ccccc1OC. The van der Waals surface area contributed by atoms with Gasteiger partial charge in [-0.25, -0.2) is 4.79 Å². The number of aromatic nitrogens is 1. The minimum absolute atomic E-state index is 0.191. The fourth-order valence-corrected chi connectivity index (χ4v) is 5.42. The molecule has 1 aliphatic heterocycles. The number of hydrogen-bond acceptors (Lipinski definition) is 4. The maximum atomic E-state index is 12.8. The van der Waals surface area contributed by atoms with Gasteiger partial charge in [0.15, 0.2) is 0 Å². The fourth-order valence-electron chi connectivity index (χ4n) is 3.84. The first kappa shape index (κ1) is 17.7. The van der Waals surface area contributed by atoms with Crippen molar-refractivity contribution < 1.29 is 14.3 Å². The minimum Gasteiger partial charge on any atom is -0.496 e. The van der Waals surface area contributed by atoms with Crippen LogP contribution in [0.15, 0.2) is 59.1 Å². The molecule has 2 heterocycles. The summed E-state index contributed by atoms with van der Waals surface area (Å²) in [5, 5.41) is 2.11. The first-order valence-corrected chi connectivity index (χ1v) is 9.62. The lowest BCUT2D eigenvalue weighted by Crippen LogP contribution is -2.17. The molecule has 1 atom stereocenters. The van der Waals surface area contributed by atoms with Gasteiger partial charge in [-0.1, -0.05) is 48.2 Å². The molecule has 4 rings (SSSR count). The quantitative estimate of drug-likeness (QED) is 0.602. The smallest absolute Gasteiger partial charge is 0.335 e.